The summed E-state index contributed by atoms with van der Waals surface area (Å²) in [6.07, 6.45) is 5.20. The van der Waals surface area contributed by atoms with Gasteiger partial charge in [0.15, 0.2) is 5.65 Å². The zero-order valence-corrected chi connectivity index (χ0v) is 16.7. The molecule has 30 heavy (non-hydrogen) atoms. The van der Waals surface area contributed by atoms with E-state index in [4.69, 9.17) is 10.1 Å². The van der Waals surface area contributed by atoms with E-state index in [1.807, 2.05) is 18.3 Å². The van der Waals surface area contributed by atoms with E-state index in [0.29, 0.717) is 30.3 Å². The molecule has 0 aliphatic carbocycles. The number of hydrogen-bond donors (Lipinski definition) is 2. The molecule has 0 aliphatic heterocycles. The van der Waals surface area contributed by atoms with E-state index < -0.39 is 0 Å². The molecular weight excluding hydrogens is 383 g/mol. The molecule has 0 atom stereocenters. The van der Waals surface area contributed by atoms with Crippen molar-refractivity contribution >= 4 is 17.0 Å². The highest BCUT2D eigenvalue weighted by molar-refractivity contribution is 5.89. The van der Waals surface area contributed by atoms with E-state index in [-0.39, 0.29) is 12.4 Å². The molecule has 4 rings (SSSR count). The normalized spacial score (nSPS) is 11.2. The van der Waals surface area contributed by atoms with Crippen molar-refractivity contribution in [3.8, 4) is 22.5 Å². The smallest absolute Gasteiger partial charge is 0.223 e. The van der Waals surface area contributed by atoms with Crippen LogP contribution < -0.4 is 5.32 Å². The lowest BCUT2D eigenvalue weighted by Gasteiger charge is -2.10. The van der Waals surface area contributed by atoms with Crippen molar-refractivity contribution in [2.75, 3.05) is 18.5 Å². The second-order valence-corrected chi connectivity index (χ2v) is 6.97. The number of nitrogens with zero attached hydrogens (tertiary/aromatic N) is 5. The van der Waals surface area contributed by atoms with Gasteiger partial charge in [0.25, 0.3) is 0 Å². The van der Waals surface area contributed by atoms with Crippen LogP contribution >= 0.6 is 0 Å². The van der Waals surface area contributed by atoms with Gasteiger partial charge in [0.2, 0.25) is 5.95 Å². The fourth-order valence-electron chi connectivity index (χ4n) is 3.21. The van der Waals surface area contributed by atoms with Crippen LogP contribution in [0.4, 0.5) is 10.3 Å². The van der Waals surface area contributed by atoms with Crippen molar-refractivity contribution in [2.45, 2.75) is 26.3 Å². The lowest BCUT2D eigenvalue weighted by Crippen LogP contribution is -2.04. The fraction of sp³-hybridized carbons (Fsp3) is 0.273. The lowest BCUT2D eigenvalue weighted by atomic mass is 10.0. The monoisotopic (exact) mass is 406 g/mol. The standard InChI is InChI=1S/C22H23FN6O/c1-2-9-24-22-25-10-8-19(26-22)18-13-16-14-29(11-3-12-30)28-21(16)27-20(18)15-4-6-17(23)7-5-15/h4-8,10,13-14,30H,2-3,9,11-12H2,1H3,(H,24,25,26). The number of aliphatic hydroxyl groups excluding tert-OH is 1. The number of hydrogen-bond acceptors (Lipinski definition) is 6. The molecule has 0 amide bonds. The van der Waals surface area contributed by atoms with Crippen LogP contribution in [-0.4, -0.2) is 43.0 Å². The van der Waals surface area contributed by atoms with Gasteiger partial charge in [-0.05, 0) is 49.2 Å². The molecule has 154 valence electrons. The zero-order valence-electron chi connectivity index (χ0n) is 16.7. The second kappa shape index (κ2) is 8.96. The summed E-state index contributed by atoms with van der Waals surface area (Å²) < 4.78 is 15.3. The molecule has 7 nitrogen and oxygen atoms in total. The quantitative estimate of drug-likeness (QED) is 0.461. The third-order valence-corrected chi connectivity index (χ3v) is 4.67. The van der Waals surface area contributed by atoms with Crippen molar-refractivity contribution in [3.63, 3.8) is 0 Å². The van der Waals surface area contributed by atoms with Crippen LogP contribution in [0.3, 0.4) is 0 Å². The van der Waals surface area contributed by atoms with Gasteiger partial charge in [0.1, 0.15) is 5.82 Å². The van der Waals surface area contributed by atoms with Crippen LogP contribution in [0.2, 0.25) is 0 Å². The van der Waals surface area contributed by atoms with Gasteiger partial charge >= 0.3 is 0 Å². The summed E-state index contributed by atoms with van der Waals surface area (Å²) in [7, 11) is 0. The SMILES string of the molecule is CCCNc1nccc(-c2cc3cn(CCCO)nc3nc2-c2ccc(F)cc2)n1. The molecule has 0 fully saturated rings. The highest BCUT2D eigenvalue weighted by Crippen LogP contribution is 2.32. The van der Waals surface area contributed by atoms with Gasteiger partial charge in [0, 0.05) is 48.6 Å². The summed E-state index contributed by atoms with van der Waals surface area (Å²) >= 11 is 0. The Morgan fingerprint density at radius 2 is 1.97 bits per heavy atom. The molecule has 0 radical (unpaired) electrons. The summed E-state index contributed by atoms with van der Waals surface area (Å²) in [5.74, 6) is 0.251. The second-order valence-electron chi connectivity index (χ2n) is 6.97. The molecule has 0 unspecified atom stereocenters. The average molecular weight is 406 g/mol. The number of fused-ring (bicyclic) bond motifs is 1. The van der Waals surface area contributed by atoms with Gasteiger partial charge in [-0.15, -0.1) is 0 Å². The average Bonchev–Trinajstić information content (AvgIpc) is 3.18. The van der Waals surface area contributed by atoms with Gasteiger partial charge in [-0.25, -0.2) is 19.3 Å². The number of aliphatic hydroxyl groups is 1. The lowest BCUT2D eigenvalue weighted by molar-refractivity contribution is 0.277. The third-order valence-electron chi connectivity index (χ3n) is 4.67. The van der Waals surface area contributed by atoms with Gasteiger partial charge in [-0.1, -0.05) is 6.92 Å². The number of halogens is 1. The summed E-state index contributed by atoms with van der Waals surface area (Å²) in [6, 6.07) is 10.1. The maximum Gasteiger partial charge on any atom is 0.223 e. The molecule has 0 spiro atoms. The van der Waals surface area contributed by atoms with Gasteiger partial charge < -0.3 is 10.4 Å². The van der Waals surface area contributed by atoms with Crippen molar-refractivity contribution in [2.24, 2.45) is 0 Å². The number of aromatic nitrogens is 5. The summed E-state index contributed by atoms with van der Waals surface area (Å²) in [5, 5.41) is 17.7. The maximum absolute atomic E-state index is 13.5. The van der Waals surface area contributed by atoms with Crippen molar-refractivity contribution in [3.05, 3.63) is 54.6 Å². The number of pyridine rings is 1. The summed E-state index contributed by atoms with van der Waals surface area (Å²) in [5.41, 5.74) is 3.59. The Morgan fingerprint density at radius 3 is 2.73 bits per heavy atom. The highest BCUT2D eigenvalue weighted by atomic mass is 19.1. The molecule has 8 heteroatoms. The Morgan fingerprint density at radius 1 is 1.13 bits per heavy atom. The molecule has 3 aromatic heterocycles. The Kier molecular flexibility index (Phi) is 5.94. The van der Waals surface area contributed by atoms with Crippen molar-refractivity contribution in [1.82, 2.24) is 24.7 Å². The van der Waals surface area contributed by atoms with E-state index in [0.717, 1.165) is 35.2 Å². The molecular formula is C22H23FN6O. The number of aryl methyl sites for hydroxylation is 1. The first-order chi connectivity index (χ1) is 14.7. The summed E-state index contributed by atoms with van der Waals surface area (Å²) in [6.45, 7) is 3.57. The van der Waals surface area contributed by atoms with E-state index in [9.17, 15) is 4.39 Å². The number of benzene rings is 1. The first-order valence-electron chi connectivity index (χ1n) is 10.00. The molecule has 2 N–H and O–H groups in total. The van der Waals surface area contributed by atoms with Gasteiger partial charge in [0.05, 0.1) is 11.4 Å². The fourth-order valence-corrected chi connectivity index (χ4v) is 3.21. The summed E-state index contributed by atoms with van der Waals surface area (Å²) in [4.78, 5) is 13.7. The van der Waals surface area contributed by atoms with E-state index in [1.165, 1.54) is 12.1 Å². The highest BCUT2D eigenvalue weighted by Gasteiger charge is 2.15. The topological polar surface area (TPSA) is 88.8 Å². The molecule has 4 aromatic rings. The predicted octanol–water partition coefficient (Wildman–Crippen LogP) is 3.90. The van der Waals surface area contributed by atoms with Gasteiger partial charge in [-0.3, -0.25) is 4.68 Å². The molecule has 0 saturated heterocycles. The Hall–Kier alpha value is -3.39. The molecule has 1 aromatic carbocycles. The van der Waals surface area contributed by atoms with Crippen LogP contribution in [0.5, 0.6) is 0 Å². The van der Waals surface area contributed by atoms with E-state index >= 15 is 0 Å². The molecule has 0 aliphatic rings. The van der Waals surface area contributed by atoms with E-state index in [1.54, 1.807) is 23.0 Å². The Balaban J connectivity index is 1.85. The van der Waals surface area contributed by atoms with Crippen LogP contribution in [0.25, 0.3) is 33.5 Å². The molecule has 0 saturated carbocycles. The van der Waals surface area contributed by atoms with Crippen LogP contribution in [-0.2, 0) is 6.54 Å². The first-order valence-corrected chi connectivity index (χ1v) is 10.00. The minimum Gasteiger partial charge on any atom is -0.396 e. The Bertz CT molecular complexity index is 1140. The van der Waals surface area contributed by atoms with Crippen molar-refractivity contribution in [1.29, 1.82) is 0 Å². The van der Waals surface area contributed by atoms with Crippen molar-refractivity contribution < 1.29 is 9.50 Å². The third kappa shape index (κ3) is 4.28. The minimum atomic E-state index is -0.303. The Labute approximate surface area is 173 Å². The zero-order chi connectivity index (χ0) is 20.9. The number of anilines is 1. The van der Waals surface area contributed by atoms with Crippen LogP contribution in [0, 0.1) is 5.82 Å². The largest absolute Gasteiger partial charge is 0.396 e. The van der Waals surface area contributed by atoms with Crippen LogP contribution in [0.1, 0.15) is 19.8 Å². The first kappa shape index (κ1) is 19.9. The van der Waals surface area contributed by atoms with Gasteiger partial charge in [-0.2, -0.15) is 5.10 Å². The number of nitrogens with one attached hydrogen (secondary N) is 1. The van der Waals surface area contributed by atoms with E-state index in [2.05, 4.69) is 27.3 Å². The van der Waals surface area contributed by atoms with Crippen LogP contribution in [0.15, 0.2) is 48.8 Å². The maximum atomic E-state index is 13.5. The predicted molar refractivity (Wildman–Crippen MR) is 114 cm³/mol. The minimum absolute atomic E-state index is 0.101. The molecule has 0 bridgehead atoms. The molecule has 3 heterocycles. The number of rotatable bonds is 8.